The summed E-state index contributed by atoms with van der Waals surface area (Å²) in [5.41, 5.74) is 2.31. The van der Waals surface area contributed by atoms with Crippen LogP contribution in [-0.2, 0) is 4.79 Å². The molecule has 0 spiro atoms. The van der Waals surface area contributed by atoms with Gasteiger partial charge < -0.3 is 20.7 Å². The number of hydrogen-bond acceptors (Lipinski definition) is 6. The summed E-state index contributed by atoms with van der Waals surface area (Å²) in [7, 11) is 0. The zero-order valence-electron chi connectivity index (χ0n) is 16.2. The number of rotatable bonds is 8. The number of amides is 1. The van der Waals surface area contributed by atoms with E-state index in [9.17, 15) is 9.18 Å². The van der Waals surface area contributed by atoms with Crippen LogP contribution in [0.1, 0.15) is 12.6 Å². The third kappa shape index (κ3) is 6.17. The molecule has 150 valence electrons. The minimum Gasteiger partial charge on any atom is -0.484 e. The molecule has 0 fully saturated rings. The summed E-state index contributed by atoms with van der Waals surface area (Å²) < 4.78 is 18.2. The van der Waals surface area contributed by atoms with E-state index in [2.05, 4.69) is 25.9 Å². The molecule has 0 aliphatic rings. The average molecular weight is 395 g/mol. The van der Waals surface area contributed by atoms with Crippen molar-refractivity contribution in [1.82, 2.24) is 9.97 Å². The lowest BCUT2D eigenvalue weighted by Gasteiger charge is -2.10. The Morgan fingerprint density at radius 2 is 1.72 bits per heavy atom. The van der Waals surface area contributed by atoms with Crippen molar-refractivity contribution in [2.45, 2.75) is 13.8 Å². The highest BCUT2D eigenvalue weighted by Gasteiger charge is 2.06. The van der Waals surface area contributed by atoms with Crippen molar-refractivity contribution < 1.29 is 13.9 Å². The van der Waals surface area contributed by atoms with Crippen LogP contribution >= 0.6 is 0 Å². The number of nitrogens with zero attached hydrogens (tertiary/aromatic N) is 2. The van der Waals surface area contributed by atoms with E-state index < -0.39 is 0 Å². The van der Waals surface area contributed by atoms with Crippen LogP contribution in [0.4, 0.5) is 27.5 Å². The van der Waals surface area contributed by atoms with Crippen molar-refractivity contribution in [1.29, 1.82) is 0 Å². The number of hydrogen-bond donors (Lipinski definition) is 3. The maximum atomic E-state index is 12.9. The maximum absolute atomic E-state index is 12.9. The summed E-state index contributed by atoms with van der Waals surface area (Å²) in [4.78, 5) is 20.7. The highest BCUT2D eigenvalue weighted by molar-refractivity contribution is 5.92. The largest absolute Gasteiger partial charge is 0.484 e. The molecular weight excluding hydrogens is 373 g/mol. The van der Waals surface area contributed by atoms with Gasteiger partial charge in [0.15, 0.2) is 6.61 Å². The molecule has 1 amide bonds. The Labute approximate surface area is 168 Å². The van der Waals surface area contributed by atoms with Gasteiger partial charge >= 0.3 is 0 Å². The second kappa shape index (κ2) is 9.50. The van der Waals surface area contributed by atoms with Crippen LogP contribution in [0.15, 0.2) is 54.6 Å². The van der Waals surface area contributed by atoms with Gasteiger partial charge in [0.2, 0.25) is 5.95 Å². The van der Waals surface area contributed by atoms with E-state index in [1.165, 1.54) is 24.3 Å². The predicted molar refractivity (Wildman–Crippen MR) is 111 cm³/mol. The van der Waals surface area contributed by atoms with Crippen LogP contribution in [0.3, 0.4) is 0 Å². The SMILES string of the molecule is CCNc1nc(C)cc(Nc2ccc(NC(=O)COc3ccc(F)cc3)cc2)n1. The Balaban J connectivity index is 1.54. The number of halogens is 1. The molecule has 7 nitrogen and oxygen atoms in total. The molecule has 0 aliphatic heterocycles. The van der Waals surface area contributed by atoms with Gasteiger partial charge in [-0.2, -0.15) is 4.98 Å². The molecule has 29 heavy (non-hydrogen) atoms. The fraction of sp³-hybridized carbons (Fsp3) is 0.190. The Hall–Kier alpha value is -3.68. The minimum absolute atomic E-state index is 0.168. The van der Waals surface area contributed by atoms with Gasteiger partial charge in [-0.25, -0.2) is 9.37 Å². The van der Waals surface area contributed by atoms with Gasteiger partial charge in [0, 0.05) is 29.7 Å². The van der Waals surface area contributed by atoms with Crippen LogP contribution in [0.25, 0.3) is 0 Å². The first kappa shape index (κ1) is 20.1. The monoisotopic (exact) mass is 395 g/mol. The van der Waals surface area contributed by atoms with E-state index in [0.717, 1.165) is 17.9 Å². The molecule has 0 unspecified atom stereocenters. The third-order valence-electron chi connectivity index (χ3n) is 3.81. The lowest BCUT2D eigenvalue weighted by molar-refractivity contribution is -0.118. The lowest BCUT2D eigenvalue weighted by Crippen LogP contribution is -2.20. The Kier molecular flexibility index (Phi) is 6.57. The highest BCUT2D eigenvalue weighted by atomic mass is 19.1. The standard InChI is InChI=1S/C21H22FN5O2/c1-3-23-21-24-14(2)12-19(27-21)25-16-6-8-17(9-7-16)26-20(28)13-29-18-10-4-15(22)5-11-18/h4-12H,3,13H2,1-2H3,(H,26,28)(H2,23,24,25,27). The van der Waals surface area contributed by atoms with Gasteiger partial charge in [0.05, 0.1) is 0 Å². The van der Waals surface area contributed by atoms with E-state index in [0.29, 0.717) is 23.2 Å². The zero-order valence-corrected chi connectivity index (χ0v) is 16.2. The van der Waals surface area contributed by atoms with E-state index in [1.54, 1.807) is 12.1 Å². The van der Waals surface area contributed by atoms with Crippen LogP contribution in [0.2, 0.25) is 0 Å². The van der Waals surface area contributed by atoms with Gasteiger partial charge in [-0.1, -0.05) is 0 Å². The Morgan fingerprint density at radius 3 is 2.41 bits per heavy atom. The fourth-order valence-corrected chi connectivity index (χ4v) is 2.53. The molecule has 3 N–H and O–H groups in total. The number of carbonyl (C=O) groups is 1. The van der Waals surface area contributed by atoms with Gasteiger partial charge in [0.1, 0.15) is 17.4 Å². The number of nitrogens with one attached hydrogen (secondary N) is 3. The third-order valence-corrected chi connectivity index (χ3v) is 3.81. The first-order valence-electron chi connectivity index (χ1n) is 9.16. The van der Waals surface area contributed by atoms with Crippen molar-refractivity contribution in [3.05, 3.63) is 66.1 Å². The molecule has 2 aromatic carbocycles. The molecule has 0 atom stereocenters. The van der Waals surface area contributed by atoms with Crippen LogP contribution in [0, 0.1) is 12.7 Å². The van der Waals surface area contributed by atoms with E-state index in [4.69, 9.17) is 4.74 Å². The first-order chi connectivity index (χ1) is 14.0. The smallest absolute Gasteiger partial charge is 0.262 e. The van der Waals surface area contributed by atoms with E-state index >= 15 is 0 Å². The normalized spacial score (nSPS) is 10.3. The molecule has 3 aromatic rings. The molecular formula is C21H22FN5O2. The number of anilines is 4. The summed E-state index contributed by atoms with van der Waals surface area (Å²) in [5, 5.41) is 9.06. The number of aromatic nitrogens is 2. The molecule has 1 aromatic heterocycles. The number of carbonyl (C=O) groups excluding carboxylic acids is 1. The fourth-order valence-electron chi connectivity index (χ4n) is 2.53. The Bertz CT molecular complexity index is 962. The van der Waals surface area contributed by atoms with Gasteiger partial charge in [-0.05, 0) is 62.4 Å². The highest BCUT2D eigenvalue weighted by Crippen LogP contribution is 2.19. The summed E-state index contributed by atoms with van der Waals surface area (Å²) in [6.07, 6.45) is 0. The molecule has 0 saturated carbocycles. The summed E-state index contributed by atoms with van der Waals surface area (Å²) in [6, 6.07) is 14.6. The van der Waals surface area contributed by atoms with Crippen molar-refractivity contribution in [3.63, 3.8) is 0 Å². The van der Waals surface area contributed by atoms with Gasteiger partial charge in [-0.3, -0.25) is 4.79 Å². The van der Waals surface area contributed by atoms with E-state index in [1.807, 2.05) is 32.0 Å². The molecule has 0 aliphatic carbocycles. The molecule has 0 radical (unpaired) electrons. The van der Waals surface area contributed by atoms with Crippen molar-refractivity contribution in [3.8, 4) is 5.75 Å². The van der Waals surface area contributed by atoms with Crippen LogP contribution in [0.5, 0.6) is 5.75 Å². The van der Waals surface area contributed by atoms with Crippen molar-refractivity contribution >= 4 is 29.0 Å². The zero-order chi connectivity index (χ0) is 20.6. The lowest BCUT2D eigenvalue weighted by atomic mass is 10.2. The van der Waals surface area contributed by atoms with Gasteiger partial charge in [-0.15, -0.1) is 0 Å². The van der Waals surface area contributed by atoms with Gasteiger partial charge in [0.25, 0.3) is 5.91 Å². The topological polar surface area (TPSA) is 88.2 Å². The second-order valence-corrected chi connectivity index (χ2v) is 6.24. The Morgan fingerprint density at radius 1 is 1.03 bits per heavy atom. The van der Waals surface area contributed by atoms with Crippen molar-refractivity contribution in [2.24, 2.45) is 0 Å². The summed E-state index contributed by atoms with van der Waals surface area (Å²) >= 11 is 0. The average Bonchev–Trinajstić information content (AvgIpc) is 2.69. The summed E-state index contributed by atoms with van der Waals surface area (Å²) in [5.74, 6) is 1.01. The number of benzene rings is 2. The molecule has 0 bridgehead atoms. The van der Waals surface area contributed by atoms with E-state index in [-0.39, 0.29) is 18.3 Å². The van der Waals surface area contributed by atoms with Crippen LogP contribution in [-0.4, -0.2) is 29.0 Å². The maximum Gasteiger partial charge on any atom is 0.262 e. The number of aryl methyl sites for hydroxylation is 1. The predicted octanol–water partition coefficient (Wildman–Crippen LogP) is 4.12. The van der Waals surface area contributed by atoms with Crippen LogP contribution < -0.4 is 20.7 Å². The first-order valence-corrected chi connectivity index (χ1v) is 9.16. The molecule has 3 rings (SSSR count). The quantitative estimate of drug-likeness (QED) is 0.532. The summed E-state index contributed by atoms with van der Waals surface area (Å²) in [6.45, 7) is 4.46. The minimum atomic E-state index is -0.356. The molecule has 1 heterocycles. The second-order valence-electron chi connectivity index (χ2n) is 6.24. The molecule has 8 heteroatoms. The van der Waals surface area contributed by atoms with Crippen molar-refractivity contribution in [2.75, 3.05) is 29.1 Å². The number of ether oxygens (including phenoxy) is 1. The molecule has 0 saturated heterocycles.